The number of benzene rings is 2. The van der Waals surface area contributed by atoms with Crippen molar-refractivity contribution in [3.8, 4) is 11.5 Å². The van der Waals surface area contributed by atoms with Crippen molar-refractivity contribution in [3.05, 3.63) is 53.2 Å². The third kappa shape index (κ3) is 6.47. The molecule has 40 heavy (non-hydrogen) atoms. The number of hydrogen-bond donors (Lipinski definition) is 4. The minimum absolute atomic E-state index is 0.0260. The number of amides is 2. The molecular weight excluding hydrogens is 506 g/mol. The molecule has 1 fully saturated rings. The van der Waals surface area contributed by atoms with Crippen molar-refractivity contribution in [1.29, 1.82) is 0 Å². The highest BCUT2D eigenvalue weighted by molar-refractivity contribution is 5.98. The Labute approximate surface area is 236 Å². The Morgan fingerprint density at radius 3 is 2.35 bits per heavy atom. The van der Waals surface area contributed by atoms with Gasteiger partial charge >= 0.3 is 0 Å². The fourth-order valence-corrected chi connectivity index (χ4v) is 5.48. The number of fused-ring (bicyclic) bond motifs is 1. The second kappa shape index (κ2) is 13.0. The first-order valence-electron chi connectivity index (χ1n) is 14.2. The number of nitrogens with two attached hydrogens (primary N) is 2. The number of nitrogens with zero attached hydrogens (tertiary/aromatic N) is 1. The summed E-state index contributed by atoms with van der Waals surface area (Å²) in [7, 11) is 0. The molecule has 4 rings (SSSR count). The number of hydrogen-bond acceptors (Lipinski definition) is 7. The first-order valence-corrected chi connectivity index (χ1v) is 14.2. The highest BCUT2D eigenvalue weighted by Gasteiger charge is 2.35. The first-order chi connectivity index (χ1) is 19.3. The second-order valence-electron chi connectivity index (χ2n) is 10.3. The van der Waals surface area contributed by atoms with Gasteiger partial charge in [-0.25, -0.2) is 0 Å². The third-order valence-electron chi connectivity index (χ3n) is 7.50. The summed E-state index contributed by atoms with van der Waals surface area (Å²) in [5.74, 6) is 0.667. The molecule has 1 heterocycles. The van der Waals surface area contributed by atoms with Crippen molar-refractivity contribution in [2.45, 2.75) is 77.8 Å². The van der Waals surface area contributed by atoms with Gasteiger partial charge in [-0.05, 0) is 56.4 Å². The molecule has 9 heteroatoms. The zero-order chi connectivity index (χ0) is 28.7. The molecule has 0 radical (unpaired) electrons. The number of carbonyl (C=O) groups excluding carboxylic acids is 2. The number of primary amides is 1. The van der Waals surface area contributed by atoms with E-state index in [9.17, 15) is 9.59 Å². The molecule has 6 N–H and O–H groups in total. The number of anilines is 2. The molecule has 1 aliphatic rings. The Kier molecular flexibility index (Phi) is 9.47. The minimum Gasteiger partial charge on any atom is -0.490 e. The standard InChI is InChI=1S/C31H41N5O4/c1-4-22-20(18-35-30(38)31(33)13-8-7-9-14-31)11-10-12-24(22)36-29-21(15-28(32)37)19-34-25-17-27(40-6-3)26(39-5-2)16-23(25)29/h10-12,16-17,19H,4-9,13-15,18,33H2,1-3H3,(H2,32,37)(H,34,36)(H,35,38). The van der Waals surface area contributed by atoms with Gasteiger partial charge in [-0.2, -0.15) is 0 Å². The molecule has 214 valence electrons. The SMILES string of the molecule is CCOc1cc2ncc(CC(N)=O)c(Nc3cccc(CNC(=O)C4(N)CCCCC4)c3CC)c2cc1OCC. The van der Waals surface area contributed by atoms with E-state index in [4.69, 9.17) is 20.9 Å². The van der Waals surface area contributed by atoms with Gasteiger partial charge in [0.1, 0.15) is 0 Å². The average molecular weight is 548 g/mol. The molecule has 3 aromatic rings. The van der Waals surface area contributed by atoms with Crippen LogP contribution in [0.5, 0.6) is 11.5 Å². The van der Waals surface area contributed by atoms with Gasteiger partial charge in [-0.15, -0.1) is 0 Å². The number of nitrogens with one attached hydrogen (secondary N) is 2. The monoisotopic (exact) mass is 547 g/mol. The van der Waals surface area contributed by atoms with Gasteiger partial charge in [0.25, 0.3) is 0 Å². The Hall–Kier alpha value is -3.85. The lowest BCUT2D eigenvalue weighted by Gasteiger charge is -2.32. The van der Waals surface area contributed by atoms with Crippen LogP contribution < -0.4 is 31.6 Å². The van der Waals surface area contributed by atoms with Crippen LogP contribution in [0.1, 0.15) is 69.6 Å². The molecule has 9 nitrogen and oxygen atoms in total. The topological polar surface area (TPSA) is 142 Å². The smallest absolute Gasteiger partial charge is 0.240 e. The molecule has 2 aromatic carbocycles. The predicted octanol–water partition coefficient (Wildman–Crippen LogP) is 4.64. The zero-order valence-corrected chi connectivity index (χ0v) is 23.8. The highest BCUT2D eigenvalue weighted by Crippen LogP contribution is 2.38. The van der Waals surface area contributed by atoms with Crippen molar-refractivity contribution in [3.63, 3.8) is 0 Å². The molecule has 0 unspecified atom stereocenters. The maximum Gasteiger partial charge on any atom is 0.240 e. The second-order valence-corrected chi connectivity index (χ2v) is 10.3. The van der Waals surface area contributed by atoms with E-state index in [1.165, 1.54) is 0 Å². The average Bonchev–Trinajstić information content (AvgIpc) is 2.94. The zero-order valence-electron chi connectivity index (χ0n) is 23.8. The number of ether oxygens (including phenoxy) is 2. The van der Waals surface area contributed by atoms with Crippen molar-refractivity contribution in [1.82, 2.24) is 10.3 Å². The van der Waals surface area contributed by atoms with Gasteiger partial charge in [-0.3, -0.25) is 14.6 Å². The molecule has 1 aliphatic carbocycles. The van der Waals surface area contributed by atoms with Gasteiger partial charge < -0.3 is 31.6 Å². The number of pyridine rings is 1. The van der Waals surface area contributed by atoms with Gasteiger partial charge in [0, 0.05) is 35.4 Å². The molecule has 1 aromatic heterocycles. The fraction of sp³-hybridized carbons (Fsp3) is 0.452. The molecule has 1 saturated carbocycles. The minimum atomic E-state index is -0.793. The summed E-state index contributed by atoms with van der Waals surface area (Å²) in [6, 6.07) is 9.71. The lowest BCUT2D eigenvalue weighted by atomic mass is 9.82. The summed E-state index contributed by atoms with van der Waals surface area (Å²) in [4.78, 5) is 29.6. The summed E-state index contributed by atoms with van der Waals surface area (Å²) < 4.78 is 11.7. The van der Waals surface area contributed by atoms with Crippen molar-refractivity contribution in [2.75, 3.05) is 18.5 Å². The Morgan fingerprint density at radius 1 is 1.00 bits per heavy atom. The maximum absolute atomic E-state index is 13.0. The predicted molar refractivity (Wildman–Crippen MR) is 158 cm³/mol. The summed E-state index contributed by atoms with van der Waals surface area (Å²) in [5, 5.41) is 7.45. The van der Waals surface area contributed by atoms with E-state index in [-0.39, 0.29) is 12.3 Å². The quantitative estimate of drug-likeness (QED) is 0.259. The van der Waals surface area contributed by atoms with Gasteiger partial charge in [0.15, 0.2) is 11.5 Å². The number of rotatable bonds is 12. The van der Waals surface area contributed by atoms with E-state index in [1.807, 2.05) is 44.2 Å². The van der Waals surface area contributed by atoms with Crippen molar-refractivity contribution < 1.29 is 19.1 Å². The lowest BCUT2D eigenvalue weighted by molar-refractivity contribution is -0.127. The summed E-state index contributed by atoms with van der Waals surface area (Å²) in [6.07, 6.45) is 6.95. The largest absolute Gasteiger partial charge is 0.490 e. The molecule has 0 atom stereocenters. The van der Waals surface area contributed by atoms with E-state index < -0.39 is 11.4 Å². The van der Waals surface area contributed by atoms with Crippen LogP contribution in [0.15, 0.2) is 36.5 Å². The number of aromatic nitrogens is 1. The van der Waals surface area contributed by atoms with E-state index >= 15 is 0 Å². The normalized spacial score (nSPS) is 14.5. The van der Waals surface area contributed by atoms with Crippen LogP contribution in [-0.4, -0.2) is 35.6 Å². The molecule has 0 spiro atoms. The van der Waals surface area contributed by atoms with Gasteiger partial charge in [0.05, 0.1) is 36.4 Å². The number of carbonyl (C=O) groups is 2. The Bertz CT molecular complexity index is 1370. The summed E-state index contributed by atoms with van der Waals surface area (Å²) in [6.45, 7) is 7.26. The van der Waals surface area contributed by atoms with Crippen LogP contribution in [-0.2, 0) is 29.0 Å². The van der Waals surface area contributed by atoms with E-state index in [0.29, 0.717) is 55.2 Å². The molecule has 0 saturated heterocycles. The van der Waals surface area contributed by atoms with Gasteiger partial charge in [0.2, 0.25) is 11.8 Å². The molecule has 2 amide bonds. The molecular formula is C31H41N5O4. The highest BCUT2D eigenvalue weighted by atomic mass is 16.5. The van der Waals surface area contributed by atoms with Crippen LogP contribution in [0.25, 0.3) is 10.9 Å². The first kappa shape index (κ1) is 29.1. The van der Waals surface area contributed by atoms with E-state index in [1.54, 1.807) is 6.20 Å². The summed E-state index contributed by atoms with van der Waals surface area (Å²) >= 11 is 0. The molecule has 0 aliphatic heterocycles. The molecule has 0 bridgehead atoms. The van der Waals surface area contributed by atoms with Crippen molar-refractivity contribution in [2.24, 2.45) is 11.5 Å². The summed E-state index contributed by atoms with van der Waals surface area (Å²) in [5.41, 5.74) is 16.3. The van der Waals surface area contributed by atoms with E-state index in [0.717, 1.165) is 53.6 Å². The Morgan fingerprint density at radius 2 is 1.70 bits per heavy atom. The van der Waals surface area contributed by atoms with Gasteiger partial charge in [-0.1, -0.05) is 38.3 Å². The van der Waals surface area contributed by atoms with Crippen LogP contribution in [0, 0.1) is 0 Å². The fourth-order valence-electron chi connectivity index (χ4n) is 5.48. The van der Waals surface area contributed by atoms with Crippen LogP contribution in [0.4, 0.5) is 11.4 Å². The van der Waals surface area contributed by atoms with Crippen LogP contribution in [0.3, 0.4) is 0 Å². The van der Waals surface area contributed by atoms with E-state index in [2.05, 4.69) is 22.5 Å². The lowest BCUT2D eigenvalue weighted by Crippen LogP contribution is -2.54. The van der Waals surface area contributed by atoms with Crippen LogP contribution in [0.2, 0.25) is 0 Å². The van der Waals surface area contributed by atoms with Crippen LogP contribution >= 0.6 is 0 Å². The maximum atomic E-state index is 13.0. The Balaban J connectivity index is 1.71. The van der Waals surface area contributed by atoms with Crippen molar-refractivity contribution >= 4 is 34.1 Å². The third-order valence-corrected chi connectivity index (χ3v) is 7.50.